The Morgan fingerprint density at radius 2 is 1.21 bits per heavy atom. The number of rotatable bonds is 8. The van der Waals surface area contributed by atoms with Gasteiger partial charge < -0.3 is 15.1 Å². The molecule has 61 heavy (non-hydrogen) atoms. The van der Waals surface area contributed by atoms with Crippen molar-refractivity contribution in [3.05, 3.63) is 251 Å². The van der Waals surface area contributed by atoms with Gasteiger partial charge in [0.1, 0.15) is 0 Å². The van der Waals surface area contributed by atoms with E-state index in [0.29, 0.717) is 0 Å². The van der Waals surface area contributed by atoms with Gasteiger partial charge in [-0.1, -0.05) is 153 Å². The largest absolute Gasteiger partial charge is 0.378 e. The fourth-order valence-corrected chi connectivity index (χ4v) is 10.6. The Hall–Kier alpha value is -7.36. The first-order valence-electron chi connectivity index (χ1n) is 21.6. The van der Waals surface area contributed by atoms with Gasteiger partial charge in [-0.25, -0.2) is 0 Å². The van der Waals surface area contributed by atoms with Crippen LogP contribution in [-0.4, -0.2) is 10.9 Å². The molecule has 292 valence electrons. The molecule has 7 aromatic carbocycles. The van der Waals surface area contributed by atoms with Gasteiger partial charge in [0.05, 0.1) is 12.1 Å². The van der Waals surface area contributed by atoms with Crippen molar-refractivity contribution in [1.82, 2.24) is 4.90 Å². The predicted molar refractivity (Wildman–Crippen MR) is 254 cm³/mol. The van der Waals surface area contributed by atoms with Crippen LogP contribution in [0.3, 0.4) is 0 Å². The molecular weight excluding hydrogens is 739 g/mol. The van der Waals surface area contributed by atoms with Gasteiger partial charge >= 0.3 is 0 Å². The molecule has 3 nitrogen and oxygen atoms in total. The molecule has 3 heteroatoms. The van der Waals surface area contributed by atoms with Gasteiger partial charge in [-0.3, -0.25) is 0 Å². The molecule has 3 aliphatic heterocycles. The summed E-state index contributed by atoms with van der Waals surface area (Å²) < 4.78 is 0. The SMILES string of the molecule is CC1(C)c2ccccc2-c2ccc(N(c3ccc(C4=CCC(Nc5ccccc5)C(C5=C6C=CC=C7c8ccccc8C5N76)=C4)cc3)c3ccc(-c4ccccc4)cc3)cc21. The number of anilines is 4. The minimum Gasteiger partial charge on any atom is -0.378 e. The van der Waals surface area contributed by atoms with Crippen LogP contribution in [-0.2, 0) is 5.41 Å². The minimum atomic E-state index is -0.0982. The van der Waals surface area contributed by atoms with E-state index in [2.05, 4.69) is 235 Å². The molecular formula is C58H45N3. The smallest absolute Gasteiger partial charge is 0.0875 e. The standard InChI is InChI=1S/C58H45N3/c1-58(2)51-21-12-11-18-46(51)47-34-33-45(37-52(47)58)60(43-29-24-39(25-30-43)38-14-5-3-6-15-38)44-31-26-40(27-32-44)41-28-35-53(59-42-16-7-4-8-17-42)50(36-41)56-55-23-13-22-54-48-19-9-10-20-49(48)57(56)61(54)55/h3-34,36-37,53,57,59H,35H2,1-2H3. The van der Waals surface area contributed by atoms with Gasteiger partial charge in [0.15, 0.2) is 0 Å². The molecule has 2 aliphatic carbocycles. The highest BCUT2D eigenvalue weighted by Crippen LogP contribution is 2.60. The van der Waals surface area contributed by atoms with Crippen LogP contribution < -0.4 is 10.2 Å². The van der Waals surface area contributed by atoms with Crippen molar-refractivity contribution in [2.45, 2.75) is 37.8 Å². The zero-order valence-corrected chi connectivity index (χ0v) is 34.4. The molecule has 0 fully saturated rings. The maximum absolute atomic E-state index is 3.92. The van der Waals surface area contributed by atoms with Crippen molar-refractivity contribution in [3.63, 3.8) is 0 Å². The van der Waals surface area contributed by atoms with Gasteiger partial charge in [-0.15, -0.1) is 0 Å². The van der Waals surface area contributed by atoms with Crippen LogP contribution in [0.4, 0.5) is 22.7 Å². The van der Waals surface area contributed by atoms with Crippen molar-refractivity contribution in [2.75, 3.05) is 10.2 Å². The van der Waals surface area contributed by atoms with Crippen molar-refractivity contribution in [2.24, 2.45) is 0 Å². The fraction of sp³-hybridized carbons (Fsp3) is 0.103. The molecule has 0 radical (unpaired) electrons. The van der Waals surface area contributed by atoms with E-state index in [1.165, 1.54) is 78.2 Å². The van der Waals surface area contributed by atoms with Gasteiger partial charge in [0.25, 0.3) is 0 Å². The first kappa shape index (κ1) is 35.6. The molecule has 0 saturated carbocycles. The molecule has 0 spiro atoms. The normalized spacial score (nSPS) is 18.5. The van der Waals surface area contributed by atoms with E-state index in [0.717, 1.165) is 29.2 Å². The van der Waals surface area contributed by atoms with Crippen LogP contribution in [0.25, 0.3) is 33.5 Å². The van der Waals surface area contributed by atoms with Gasteiger partial charge in [0.2, 0.25) is 0 Å². The number of hydrogen-bond donors (Lipinski definition) is 1. The second-order valence-corrected chi connectivity index (χ2v) is 17.3. The molecule has 5 aliphatic rings. The number of nitrogens with one attached hydrogen (secondary N) is 1. The zero-order chi connectivity index (χ0) is 40.7. The Balaban J connectivity index is 0.931. The highest BCUT2D eigenvalue weighted by molar-refractivity contribution is 5.88. The third-order valence-corrected chi connectivity index (χ3v) is 13.6. The predicted octanol–water partition coefficient (Wildman–Crippen LogP) is 14.6. The summed E-state index contributed by atoms with van der Waals surface area (Å²) in [6, 6.07) is 64.8. The molecule has 0 aromatic heterocycles. The number of allylic oxidation sites excluding steroid dienone is 5. The maximum Gasteiger partial charge on any atom is 0.0875 e. The molecule has 0 saturated heterocycles. The summed E-state index contributed by atoms with van der Waals surface area (Å²) in [6.07, 6.45) is 12.6. The highest BCUT2D eigenvalue weighted by atomic mass is 15.3. The second-order valence-electron chi connectivity index (χ2n) is 17.3. The Bertz CT molecular complexity index is 3040. The lowest BCUT2D eigenvalue weighted by molar-refractivity contribution is 0.367. The Labute approximate surface area is 358 Å². The molecule has 2 unspecified atom stereocenters. The summed E-state index contributed by atoms with van der Waals surface area (Å²) in [4.78, 5) is 4.95. The summed E-state index contributed by atoms with van der Waals surface area (Å²) in [5, 5.41) is 3.92. The van der Waals surface area contributed by atoms with E-state index < -0.39 is 0 Å². The third-order valence-electron chi connectivity index (χ3n) is 13.6. The van der Waals surface area contributed by atoms with E-state index in [4.69, 9.17) is 0 Å². The monoisotopic (exact) mass is 783 g/mol. The average Bonchev–Trinajstić information content (AvgIpc) is 3.75. The van der Waals surface area contributed by atoms with Crippen LogP contribution in [0.15, 0.2) is 223 Å². The van der Waals surface area contributed by atoms with Crippen molar-refractivity contribution in [1.29, 1.82) is 0 Å². The Kier molecular flexibility index (Phi) is 8.08. The molecule has 7 aromatic rings. The highest BCUT2D eigenvalue weighted by Gasteiger charge is 2.49. The summed E-state index contributed by atoms with van der Waals surface area (Å²) in [5.41, 5.74) is 22.9. The molecule has 0 amide bonds. The molecule has 3 heterocycles. The first-order valence-corrected chi connectivity index (χ1v) is 21.6. The fourth-order valence-electron chi connectivity index (χ4n) is 10.6. The number of nitrogens with zero attached hydrogens (tertiary/aromatic N) is 2. The lowest BCUT2D eigenvalue weighted by atomic mass is 9.77. The Morgan fingerprint density at radius 1 is 0.590 bits per heavy atom. The van der Waals surface area contributed by atoms with E-state index in [1.54, 1.807) is 0 Å². The van der Waals surface area contributed by atoms with E-state index in [-0.39, 0.29) is 17.5 Å². The maximum atomic E-state index is 3.92. The molecule has 2 atom stereocenters. The van der Waals surface area contributed by atoms with Crippen LogP contribution in [0.1, 0.15) is 54.1 Å². The number of benzene rings is 7. The number of hydrogen-bond acceptors (Lipinski definition) is 3. The summed E-state index contributed by atoms with van der Waals surface area (Å²) >= 11 is 0. The summed E-state index contributed by atoms with van der Waals surface area (Å²) in [7, 11) is 0. The van der Waals surface area contributed by atoms with Crippen molar-refractivity contribution in [3.8, 4) is 22.3 Å². The molecule has 0 bridgehead atoms. The summed E-state index contributed by atoms with van der Waals surface area (Å²) in [6.45, 7) is 4.72. The van der Waals surface area contributed by atoms with Crippen LogP contribution >= 0.6 is 0 Å². The number of fused-ring (bicyclic) bond motifs is 6. The van der Waals surface area contributed by atoms with Crippen LogP contribution in [0, 0.1) is 0 Å². The van der Waals surface area contributed by atoms with Crippen LogP contribution in [0.5, 0.6) is 0 Å². The van der Waals surface area contributed by atoms with Gasteiger partial charge in [-0.2, -0.15) is 0 Å². The van der Waals surface area contributed by atoms with Crippen molar-refractivity contribution >= 4 is 34.0 Å². The quantitative estimate of drug-likeness (QED) is 0.166. The average molecular weight is 784 g/mol. The van der Waals surface area contributed by atoms with Crippen LogP contribution in [0.2, 0.25) is 0 Å². The van der Waals surface area contributed by atoms with E-state index in [1.807, 2.05) is 0 Å². The van der Waals surface area contributed by atoms with E-state index in [9.17, 15) is 0 Å². The van der Waals surface area contributed by atoms with Gasteiger partial charge in [-0.05, 0) is 129 Å². The van der Waals surface area contributed by atoms with E-state index >= 15 is 0 Å². The van der Waals surface area contributed by atoms with Gasteiger partial charge in [0, 0.05) is 50.7 Å². The lowest BCUT2D eigenvalue weighted by Gasteiger charge is -2.46. The zero-order valence-electron chi connectivity index (χ0n) is 34.4. The minimum absolute atomic E-state index is 0.0982. The lowest BCUT2D eigenvalue weighted by Crippen LogP contribution is -2.39. The number of para-hydroxylation sites is 1. The third kappa shape index (κ3) is 5.64. The molecule has 1 N–H and O–H groups in total. The summed E-state index contributed by atoms with van der Waals surface area (Å²) in [5.74, 6) is 0. The topological polar surface area (TPSA) is 18.5 Å². The van der Waals surface area contributed by atoms with Crippen molar-refractivity contribution < 1.29 is 0 Å². The second kappa shape index (κ2) is 13.9. The first-order chi connectivity index (χ1) is 30.0. The Morgan fingerprint density at radius 3 is 1.98 bits per heavy atom. The molecule has 12 rings (SSSR count).